The summed E-state index contributed by atoms with van der Waals surface area (Å²) in [6.07, 6.45) is -0.310. The van der Waals surface area contributed by atoms with Crippen LogP contribution in [0.5, 0.6) is 0 Å². The molecule has 1 aromatic rings. The van der Waals surface area contributed by atoms with Crippen molar-refractivity contribution in [1.82, 2.24) is 16.0 Å². The Morgan fingerprint density at radius 3 is 1.60 bits per heavy atom. The molecule has 0 unspecified atom stereocenters. The molecule has 3 N–H and O–H groups in total. The Morgan fingerprint density at radius 1 is 0.618 bits per heavy atom. The largest absolute Gasteiger partial charge is 0.460 e. The summed E-state index contributed by atoms with van der Waals surface area (Å²) in [5.41, 5.74) is 0.189. The molecule has 316 valence electrons. The first-order valence-corrected chi connectivity index (χ1v) is 18.9. The van der Waals surface area contributed by atoms with E-state index < -0.39 is 23.6 Å². The number of benzene rings is 1. The molecule has 17 heteroatoms. The number of amides is 3. The van der Waals surface area contributed by atoms with Crippen LogP contribution >= 0.6 is 0 Å². The van der Waals surface area contributed by atoms with Crippen LogP contribution in [0.25, 0.3) is 0 Å². The molecule has 0 saturated heterocycles. The molecule has 0 radical (unpaired) electrons. The fourth-order valence-corrected chi connectivity index (χ4v) is 4.33. The number of nitrogens with one attached hydrogen (secondary N) is 3. The molecule has 0 saturated carbocycles. The fourth-order valence-electron chi connectivity index (χ4n) is 4.33. The lowest BCUT2D eigenvalue weighted by atomic mass is 10.1. The van der Waals surface area contributed by atoms with Crippen LogP contribution in [-0.4, -0.2) is 155 Å². The van der Waals surface area contributed by atoms with Gasteiger partial charge in [-0.15, -0.1) is 0 Å². The highest BCUT2D eigenvalue weighted by molar-refractivity contribution is 5.86. The van der Waals surface area contributed by atoms with Crippen LogP contribution in [0.4, 0.5) is 4.79 Å². The lowest BCUT2D eigenvalue weighted by molar-refractivity contribution is -0.155. The van der Waals surface area contributed by atoms with Crippen molar-refractivity contribution in [3.63, 3.8) is 0 Å². The third-order valence-corrected chi connectivity index (χ3v) is 6.99. The zero-order chi connectivity index (χ0) is 40.2. The van der Waals surface area contributed by atoms with Crippen molar-refractivity contribution < 1.29 is 66.5 Å². The van der Waals surface area contributed by atoms with Gasteiger partial charge >= 0.3 is 12.1 Å². The average molecular weight is 788 g/mol. The Morgan fingerprint density at radius 2 is 1.11 bits per heavy atom. The van der Waals surface area contributed by atoms with E-state index in [4.69, 9.17) is 47.4 Å². The average Bonchev–Trinajstić information content (AvgIpc) is 3.15. The number of rotatable bonds is 35. The summed E-state index contributed by atoms with van der Waals surface area (Å²) in [5.74, 6) is -1.17. The first-order chi connectivity index (χ1) is 26.6. The van der Waals surface area contributed by atoms with Crippen molar-refractivity contribution >= 4 is 23.9 Å². The van der Waals surface area contributed by atoms with Crippen molar-refractivity contribution in [2.45, 2.75) is 64.7 Å². The number of methoxy groups -OCH3 is 1. The zero-order valence-electron chi connectivity index (χ0n) is 33.2. The molecule has 0 aliphatic heterocycles. The van der Waals surface area contributed by atoms with Crippen LogP contribution < -0.4 is 16.0 Å². The third kappa shape index (κ3) is 32.5. The molecular formula is C38H65N3O14. The van der Waals surface area contributed by atoms with Gasteiger partial charge in [-0.3, -0.25) is 14.4 Å². The van der Waals surface area contributed by atoms with Gasteiger partial charge < -0.3 is 63.3 Å². The fraction of sp³-hybridized carbons (Fsp3) is 0.737. The number of hydrogen-bond donors (Lipinski definition) is 3. The van der Waals surface area contributed by atoms with E-state index >= 15 is 0 Å². The molecule has 0 spiro atoms. The minimum Gasteiger partial charge on any atom is -0.460 e. The van der Waals surface area contributed by atoms with Gasteiger partial charge in [0.2, 0.25) is 11.8 Å². The molecule has 1 rings (SSSR count). The van der Waals surface area contributed by atoms with Gasteiger partial charge in [-0.2, -0.15) is 0 Å². The smallest absolute Gasteiger partial charge is 0.408 e. The van der Waals surface area contributed by atoms with E-state index in [1.54, 1.807) is 27.9 Å². The van der Waals surface area contributed by atoms with Gasteiger partial charge in [0, 0.05) is 33.0 Å². The summed E-state index contributed by atoms with van der Waals surface area (Å²) in [5, 5.41) is 8.00. The highest BCUT2D eigenvalue weighted by Gasteiger charge is 2.23. The summed E-state index contributed by atoms with van der Waals surface area (Å²) >= 11 is 0. The predicted octanol–water partition coefficient (Wildman–Crippen LogP) is 2.18. The maximum Gasteiger partial charge on any atom is 0.408 e. The minimum absolute atomic E-state index is 0.0227. The molecule has 1 atom stereocenters. The van der Waals surface area contributed by atoms with Crippen molar-refractivity contribution in [1.29, 1.82) is 0 Å². The number of esters is 1. The SMILES string of the molecule is COCCOCCOCCOCCOCCOCCOCCOCCNC(=O)CC[C@H](NC(=O)OCc1ccccc1)C(=O)NCCCC(=O)OC(C)(C)C. The topological polar surface area (TPSA) is 197 Å². The first kappa shape index (κ1) is 49.6. The standard InChI is InChI=1S/C38H65N3O14/c1-38(2,3)55-35(43)11-8-14-40-36(44)33(41-37(45)54-31-32-9-6-5-7-10-32)12-13-34(42)39-15-16-47-19-20-49-23-24-51-27-28-53-30-29-52-26-25-50-22-21-48-18-17-46-4/h5-7,9-10,33H,8,11-31H2,1-4H3,(H,39,42)(H,40,44)(H,41,45)/t33-/m0/s1. The Kier molecular flexibility index (Phi) is 30.6. The second kappa shape index (κ2) is 33.9. The number of ether oxygens (including phenoxy) is 10. The maximum absolute atomic E-state index is 12.9. The summed E-state index contributed by atoms with van der Waals surface area (Å²) in [7, 11) is 1.63. The number of alkyl carbamates (subject to hydrolysis) is 1. The lowest BCUT2D eigenvalue weighted by Crippen LogP contribution is -2.47. The molecule has 0 fully saturated rings. The molecule has 3 amide bonds. The highest BCUT2D eigenvalue weighted by atomic mass is 16.6. The summed E-state index contributed by atoms with van der Waals surface area (Å²) in [4.78, 5) is 49.9. The summed E-state index contributed by atoms with van der Waals surface area (Å²) in [6.45, 7) is 12.7. The van der Waals surface area contributed by atoms with E-state index in [2.05, 4.69) is 16.0 Å². The van der Waals surface area contributed by atoms with Crippen molar-refractivity contribution in [2.75, 3.05) is 119 Å². The predicted molar refractivity (Wildman–Crippen MR) is 201 cm³/mol. The van der Waals surface area contributed by atoms with Crippen LogP contribution in [0.3, 0.4) is 0 Å². The van der Waals surface area contributed by atoms with Gasteiger partial charge in [0.05, 0.1) is 99.1 Å². The molecule has 0 aliphatic rings. The van der Waals surface area contributed by atoms with E-state index in [0.29, 0.717) is 98.9 Å². The van der Waals surface area contributed by atoms with E-state index in [9.17, 15) is 19.2 Å². The maximum atomic E-state index is 12.9. The molecule has 0 heterocycles. The van der Waals surface area contributed by atoms with Gasteiger partial charge in [0.25, 0.3) is 0 Å². The number of hydrogen-bond acceptors (Lipinski definition) is 14. The van der Waals surface area contributed by atoms with Crippen molar-refractivity contribution in [3.8, 4) is 0 Å². The third-order valence-electron chi connectivity index (χ3n) is 6.99. The van der Waals surface area contributed by atoms with Crippen LogP contribution in [0.2, 0.25) is 0 Å². The quantitative estimate of drug-likeness (QED) is 0.0669. The second-order valence-corrected chi connectivity index (χ2v) is 12.9. The first-order valence-electron chi connectivity index (χ1n) is 18.9. The molecule has 17 nitrogen and oxygen atoms in total. The van der Waals surface area contributed by atoms with Gasteiger partial charge in [-0.1, -0.05) is 30.3 Å². The Hall–Kier alpha value is -3.42. The Balaban J connectivity index is 2.11. The van der Waals surface area contributed by atoms with E-state index in [1.807, 2.05) is 30.3 Å². The van der Waals surface area contributed by atoms with E-state index in [0.717, 1.165) is 5.56 Å². The molecule has 55 heavy (non-hydrogen) atoms. The molecule has 0 bridgehead atoms. The monoisotopic (exact) mass is 787 g/mol. The summed E-state index contributed by atoms with van der Waals surface area (Å²) in [6, 6.07) is 8.08. The summed E-state index contributed by atoms with van der Waals surface area (Å²) < 4.78 is 53.5. The van der Waals surface area contributed by atoms with E-state index in [1.165, 1.54) is 0 Å². The molecular weight excluding hydrogens is 722 g/mol. The van der Waals surface area contributed by atoms with E-state index in [-0.39, 0.29) is 57.4 Å². The van der Waals surface area contributed by atoms with Crippen LogP contribution in [0.1, 0.15) is 52.0 Å². The van der Waals surface area contributed by atoms with Crippen molar-refractivity contribution in [2.24, 2.45) is 0 Å². The molecule has 0 aromatic heterocycles. The van der Waals surface area contributed by atoms with Gasteiger partial charge in [-0.05, 0) is 39.2 Å². The minimum atomic E-state index is -1.03. The van der Waals surface area contributed by atoms with Crippen molar-refractivity contribution in [3.05, 3.63) is 35.9 Å². The van der Waals surface area contributed by atoms with Crippen LogP contribution in [0, 0.1) is 0 Å². The Bertz CT molecular complexity index is 1120. The Labute approximate surface area is 326 Å². The van der Waals surface area contributed by atoms with Crippen LogP contribution in [-0.2, 0) is 68.4 Å². The molecule has 0 aliphatic carbocycles. The second-order valence-electron chi connectivity index (χ2n) is 12.9. The lowest BCUT2D eigenvalue weighted by Gasteiger charge is -2.20. The highest BCUT2D eigenvalue weighted by Crippen LogP contribution is 2.09. The van der Waals surface area contributed by atoms with Gasteiger partial charge in [0.1, 0.15) is 18.2 Å². The van der Waals surface area contributed by atoms with Gasteiger partial charge in [0.15, 0.2) is 0 Å². The number of carbonyl (C=O) groups excluding carboxylic acids is 4. The zero-order valence-corrected chi connectivity index (χ0v) is 33.2. The van der Waals surface area contributed by atoms with Gasteiger partial charge in [-0.25, -0.2) is 4.79 Å². The normalized spacial score (nSPS) is 11.9. The molecule has 1 aromatic carbocycles. The van der Waals surface area contributed by atoms with Crippen LogP contribution in [0.15, 0.2) is 30.3 Å². The number of carbonyl (C=O) groups is 4.